The lowest BCUT2D eigenvalue weighted by atomic mass is 9.93. The Morgan fingerprint density at radius 1 is 0.839 bits per heavy atom. The number of aliphatic hydroxyl groups is 8. The zero-order valence-corrected chi connectivity index (χ0v) is 15.7. The zero-order valence-electron chi connectivity index (χ0n) is 15.7. The van der Waals surface area contributed by atoms with E-state index in [-0.39, 0.29) is 0 Å². The number of aliphatic hydroxyl groups excluding tert-OH is 7. The van der Waals surface area contributed by atoms with Crippen molar-refractivity contribution in [2.75, 3.05) is 19.8 Å². The molecule has 0 spiro atoms. The summed E-state index contributed by atoms with van der Waals surface area (Å²) in [5, 5.41) is 80.6. The zero-order chi connectivity index (χ0) is 23.2. The first-order chi connectivity index (χ1) is 14.5. The van der Waals surface area contributed by atoms with Crippen molar-refractivity contribution in [3.8, 4) is 0 Å². The smallest absolute Gasteiger partial charge is 0.405 e. The average molecular weight is 454 g/mol. The monoisotopic (exact) mass is 454 g/mol. The number of carbonyl (C=O) groups is 2. The highest BCUT2D eigenvalue weighted by Crippen LogP contribution is 2.47. The Kier molecular flexibility index (Phi) is 6.40. The van der Waals surface area contributed by atoms with E-state index in [4.69, 9.17) is 23.7 Å². The summed E-state index contributed by atoms with van der Waals surface area (Å²) in [5.74, 6) is -12.6. The van der Waals surface area contributed by atoms with E-state index >= 15 is 0 Å². The van der Waals surface area contributed by atoms with Gasteiger partial charge >= 0.3 is 23.7 Å². The first-order valence-corrected chi connectivity index (χ1v) is 8.96. The second-order valence-electron chi connectivity index (χ2n) is 7.05. The Morgan fingerprint density at radius 2 is 1.35 bits per heavy atom. The normalized spacial score (nSPS) is 48.9. The topological polar surface area (TPSA) is 242 Å². The molecule has 3 aliphatic heterocycles. The molecule has 0 aliphatic carbocycles. The maximum Gasteiger partial charge on any atom is 0.405 e. The number of fused-ring (bicyclic) bond motifs is 1. The van der Waals surface area contributed by atoms with Crippen LogP contribution in [0.1, 0.15) is 0 Å². The van der Waals surface area contributed by atoms with Crippen molar-refractivity contribution in [3.05, 3.63) is 12.2 Å². The van der Waals surface area contributed by atoms with Crippen LogP contribution in [0.4, 0.5) is 0 Å². The molecule has 0 amide bonds. The lowest BCUT2D eigenvalue weighted by Crippen LogP contribution is -2.78. The van der Waals surface area contributed by atoms with Gasteiger partial charge in [0.1, 0.15) is 37.1 Å². The van der Waals surface area contributed by atoms with Crippen molar-refractivity contribution in [1.82, 2.24) is 0 Å². The summed E-state index contributed by atoms with van der Waals surface area (Å²) in [4.78, 5) is 24.1. The Labute approximate surface area is 173 Å². The summed E-state index contributed by atoms with van der Waals surface area (Å²) >= 11 is 0. The van der Waals surface area contributed by atoms with E-state index in [2.05, 4.69) is 0 Å². The van der Waals surface area contributed by atoms with Gasteiger partial charge in [-0.05, 0) is 0 Å². The number of esters is 2. The van der Waals surface area contributed by atoms with Gasteiger partial charge in [-0.1, -0.05) is 0 Å². The molecular weight excluding hydrogens is 432 g/mol. The molecule has 176 valence electrons. The average Bonchev–Trinajstić information content (AvgIpc) is 2.98. The highest BCUT2D eigenvalue weighted by molar-refractivity contribution is 5.92. The van der Waals surface area contributed by atoms with Crippen LogP contribution >= 0.6 is 0 Å². The van der Waals surface area contributed by atoms with Gasteiger partial charge in [-0.25, -0.2) is 9.59 Å². The van der Waals surface area contributed by atoms with Crippen LogP contribution in [0.15, 0.2) is 12.2 Å². The molecule has 3 heterocycles. The summed E-state index contributed by atoms with van der Waals surface area (Å²) in [5.41, 5.74) is 0. The fourth-order valence-electron chi connectivity index (χ4n) is 3.42. The van der Waals surface area contributed by atoms with Crippen molar-refractivity contribution in [2.24, 2.45) is 0 Å². The molecule has 9 atom stereocenters. The van der Waals surface area contributed by atoms with Gasteiger partial charge in [-0.15, -0.1) is 0 Å². The molecule has 1 unspecified atom stereocenters. The molecule has 0 saturated carbocycles. The van der Waals surface area contributed by atoms with E-state index in [9.17, 15) is 50.4 Å². The highest BCUT2D eigenvalue weighted by atomic mass is 17.0. The number of hydrogen-bond acceptors (Lipinski definition) is 15. The van der Waals surface area contributed by atoms with Crippen LogP contribution in [-0.4, -0.2) is 127 Å². The predicted octanol–water partition coefficient (Wildman–Crippen LogP) is -6.08. The third-order valence-electron chi connectivity index (χ3n) is 5.09. The third-order valence-corrected chi connectivity index (χ3v) is 5.09. The predicted molar refractivity (Wildman–Crippen MR) is 87.9 cm³/mol. The van der Waals surface area contributed by atoms with Gasteiger partial charge < -0.3 is 59.8 Å². The molecule has 0 aromatic carbocycles. The van der Waals surface area contributed by atoms with E-state index < -0.39 is 85.9 Å². The molecule has 2 fully saturated rings. The number of hydrogen-bond donors (Lipinski definition) is 8. The van der Waals surface area contributed by atoms with Gasteiger partial charge in [0.05, 0.1) is 13.2 Å². The summed E-state index contributed by atoms with van der Waals surface area (Å²) in [6, 6.07) is 0. The summed E-state index contributed by atoms with van der Waals surface area (Å²) in [7, 11) is 0. The van der Waals surface area contributed by atoms with Gasteiger partial charge in [0.15, 0.2) is 6.10 Å². The Hall–Kier alpha value is -1.76. The van der Waals surface area contributed by atoms with E-state index in [0.717, 1.165) is 0 Å². The lowest BCUT2D eigenvalue weighted by Gasteiger charge is -2.53. The SMILES string of the molecule is O=C1/C=C/C(=O)O[C@@]2(O)[C@@H](O)[C@H](O)[C@@H](CO)O[C@]2(OC2(CO)O[C@H](CO)[C@@H](O)[C@@H]2O)O1. The van der Waals surface area contributed by atoms with E-state index in [1.54, 1.807) is 0 Å². The van der Waals surface area contributed by atoms with Crippen LogP contribution in [0.5, 0.6) is 0 Å². The lowest BCUT2D eigenvalue weighted by molar-refractivity contribution is -0.553. The van der Waals surface area contributed by atoms with Crippen molar-refractivity contribution in [3.63, 3.8) is 0 Å². The van der Waals surface area contributed by atoms with Crippen molar-refractivity contribution >= 4 is 11.9 Å². The summed E-state index contributed by atoms with van der Waals surface area (Å²) in [6.45, 7) is -3.23. The third kappa shape index (κ3) is 3.62. The van der Waals surface area contributed by atoms with Crippen LogP contribution in [0.3, 0.4) is 0 Å². The maximum absolute atomic E-state index is 12.1. The minimum Gasteiger partial charge on any atom is -0.417 e. The van der Waals surface area contributed by atoms with E-state index in [1.807, 2.05) is 0 Å². The number of rotatable bonds is 5. The molecule has 0 aromatic heterocycles. The quantitative estimate of drug-likeness (QED) is 0.180. The van der Waals surface area contributed by atoms with Crippen LogP contribution in [0, 0.1) is 0 Å². The Balaban J connectivity index is 2.15. The number of carbonyl (C=O) groups excluding carboxylic acids is 2. The molecule has 15 heteroatoms. The second-order valence-corrected chi connectivity index (χ2v) is 7.05. The van der Waals surface area contributed by atoms with Gasteiger partial charge in [-0.3, -0.25) is 4.74 Å². The molecule has 2 saturated heterocycles. The second kappa shape index (κ2) is 8.30. The van der Waals surface area contributed by atoms with E-state index in [0.29, 0.717) is 12.2 Å². The van der Waals surface area contributed by atoms with Crippen molar-refractivity contribution in [1.29, 1.82) is 0 Å². The molecule has 3 aliphatic rings. The molecule has 15 nitrogen and oxygen atoms in total. The molecule has 3 rings (SSSR count). The molecule has 0 radical (unpaired) electrons. The fraction of sp³-hybridized carbons (Fsp3) is 0.750. The molecule has 0 aromatic rings. The highest BCUT2D eigenvalue weighted by Gasteiger charge is 2.75. The van der Waals surface area contributed by atoms with Crippen LogP contribution < -0.4 is 0 Å². The fourth-order valence-corrected chi connectivity index (χ4v) is 3.42. The van der Waals surface area contributed by atoms with Crippen LogP contribution in [0.25, 0.3) is 0 Å². The molecule has 8 N–H and O–H groups in total. The Morgan fingerprint density at radius 3 is 1.87 bits per heavy atom. The molecule has 0 bridgehead atoms. The molecular formula is C16H22O15. The standard InChI is InChI=1S/C16H22O15/c17-3-6-10(22)12(24)14(5-19,27-6)31-16-15(26,13(25)11(23)7(4-18)28-16)29-8(20)1-2-9(21)30-16/h1-2,6-7,10-13,17-19,22-26H,3-5H2/b2-1+/t6-,7-,10-,11-,12+,13+,14?,15+,16+/m1/s1. The Bertz CT molecular complexity index is 743. The van der Waals surface area contributed by atoms with Gasteiger partial charge in [-0.2, -0.15) is 0 Å². The first kappa shape index (κ1) is 23.9. The van der Waals surface area contributed by atoms with Crippen molar-refractivity contribution < 1.29 is 74.1 Å². The van der Waals surface area contributed by atoms with Crippen molar-refractivity contribution in [2.45, 2.75) is 54.2 Å². The first-order valence-electron chi connectivity index (χ1n) is 8.96. The minimum atomic E-state index is -3.54. The number of ether oxygens (including phenoxy) is 5. The van der Waals surface area contributed by atoms with Gasteiger partial charge in [0, 0.05) is 12.2 Å². The summed E-state index contributed by atoms with van der Waals surface area (Å²) < 4.78 is 25.2. The molecule has 31 heavy (non-hydrogen) atoms. The van der Waals surface area contributed by atoms with Gasteiger partial charge in [0.2, 0.25) is 5.79 Å². The van der Waals surface area contributed by atoms with Crippen LogP contribution in [0.2, 0.25) is 0 Å². The summed E-state index contributed by atoms with van der Waals surface area (Å²) in [6.07, 6.45) is -11.0. The van der Waals surface area contributed by atoms with Crippen LogP contribution in [-0.2, 0) is 33.3 Å². The van der Waals surface area contributed by atoms with E-state index in [1.165, 1.54) is 0 Å². The minimum absolute atomic E-state index is 0.510. The largest absolute Gasteiger partial charge is 0.417 e. The maximum atomic E-state index is 12.1. The van der Waals surface area contributed by atoms with Gasteiger partial charge in [0.25, 0.3) is 0 Å².